The van der Waals surface area contributed by atoms with E-state index in [1.54, 1.807) is 6.07 Å². The van der Waals surface area contributed by atoms with Crippen molar-refractivity contribution in [3.63, 3.8) is 0 Å². The lowest BCUT2D eigenvalue weighted by molar-refractivity contribution is 0.400. The van der Waals surface area contributed by atoms with Gasteiger partial charge in [-0.05, 0) is 19.8 Å². The van der Waals surface area contributed by atoms with Gasteiger partial charge >= 0.3 is 0 Å². The third-order valence-electron chi connectivity index (χ3n) is 3.14. The van der Waals surface area contributed by atoms with Gasteiger partial charge in [0.1, 0.15) is 17.8 Å². The van der Waals surface area contributed by atoms with Gasteiger partial charge in [0.15, 0.2) is 17.5 Å². The quantitative estimate of drug-likeness (QED) is 0.867. The number of aryl methyl sites for hydroxylation is 1. The summed E-state index contributed by atoms with van der Waals surface area (Å²) in [5, 5.41) is 6.91. The molecule has 1 aliphatic rings. The minimum atomic E-state index is 0.546. The molecule has 0 radical (unpaired) electrons. The van der Waals surface area contributed by atoms with Crippen LogP contribution in [0.2, 0.25) is 0 Å². The Hall–Kier alpha value is -2.31. The van der Waals surface area contributed by atoms with E-state index in [9.17, 15) is 0 Å². The molecule has 19 heavy (non-hydrogen) atoms. The van der Waals surface area contributed by atoms with Crippen molar-refractivity contribution in [1.29, 1.82) is 0 Å². The van der Waals surface area contributed by atoms with Crippen LogP contribution in [0.5, 0.6) is 0 Å². The molecular formula is C12H16N6O. The van der Waals surface area contributed by atoms with Crippen molar-refractivity contribution in [2.24, 2.45) is 0 Å². The number of nitrogens with zero attached hydrogens (tertiary/aromatic N) is 4. The molecular weight excluding hydrogens is 244 g/mol. The molecule has 0 unspecified atom stereocenters. The number of aromatic nitrogens is 3. The Balaban J connectivity index is 1.87. The van der Waals surface area contributed by atoms with E-state index in [0.29, 0.717) is 17.3 Å². The molecule has 0 aliphatic carbocycles. The normalized spacial score (nSPS) is 14.9. The van der Waals surface area contributed by atoms with Gasteiger partial charge < -0.3 is 20.5 Å². The highest BCUT2D eigenvalue weighted by Gasteiger charge is 2.18. The number of nitrogens with two attached hydrogens (primary N) is 1. The lowest BCUT2D eigenvalue weighted by atomic mass is 10.4. The fraction of sp³-hybridized carbons (Fsp3) is 0.417. The highest BCUT2D eigenvalue weighted by Crippen LogP contribution is 2.30. The molecule has 1 saturated heterocycles. The van der Waals surface area contributed by atoms with E-state index < -0.39 is 0 Å². The Morgan fingerprint density at radius 3 is 2.79 bits per heavy atom. The van der Waals surface area contributed by atoms with Crippen molar-refractivity contribution in [2.75, 3.05) is 29.0 Å². The Morgan fingerprint density at radius 1 is 1.32 bits per heavy atom. The van der Waals surface area contributed by atoms with Crippen LogP contribution in [0.15, 0.2) is 16.9 Å². The summed E-state index contributed by atoms with van der Waals surface area (Å²) in [6, 6.07) is 1.79. The zero-order valence-electron chi connectivity index (χ0n) is 10.8. The average Bonchev–Trinajstić information content (AvgIpc) is 3.04. The number of anilines is 4. The van der Waals surface area contributed by atoms with Gasteiger partial charge in [0, 0.05) is 19.2 Å². The zero-order chi connectivity index (χ0) is 13.2. The summed E-state index contributed by atoms with van der Waals surface area (Å²) in [5.74, 6) is 2.67. The first kappa shape index (κ1) is 11.8. The first-order valence-corrected chi connectivity index (χ1v) is 6.30. The lowest BCUT2D eigenvalue weighted by Gasteiger charge is -2.19. The number of hydrogen-bond acceptors (Lipinski definition) is 7. The van der Waals surface area contributed by atoms with E-state index >= 15 is 0 Å². The number of rotatable bonds is 3. The second-order valence-corrected chi connectivity index (χ2v) is 4.60. The van der Waals surface area contributed by atoms with Crippen LogP contribution in [0, 0.1) is 6.92 Å². The van der Waals surface area contributed by atoms with Crippen molar-refractivity contribution >= 4 is 23.1 Å². The van der Waals surface area contributed by atoms with Crippen molar-refractivity contribution in [3.8, 4) is 0 Å². The Labute approximate surface area is 110 Å². The third kappa shape index (κ3) is 2.31. The van der Waals surface area contributed by atoms with Gasteiger partial charge in [0.2, 0.25) is 0 Å². The van der Waals surface area contributed by atoms with Crippen molar-refractivity contribution in [1.82, 2.24) is 15.1 Å². The predicted molar refractivity (Wildman–Crippen MR) is 72.4 cm³/mol. The summed E-state index contributed by atoms with van der Waals surface area (Å²) in [6.45, 7) is 3.81. The van der Waals surface area contributed by atoms with E-state index in [1.165, 1.54) is 19.2 Å². The fourth-order valence-electron chi connectivity index (χ4n) is 2.21. The molecule has 2 aromatic rings. The number of nitrogen functional groups attached to an aromatic ring is 1. The largest absolute Gasteiger partial charge is 0.393 e. The highest BCUT2D eigenvalue weighted by atomic mass is 16.5. The van der Waals surface area contributed by atoms with Crippen molar-refractivity contribution < 1.29 is 4.52 Å². The molecule has 3 heterocycles. The van der Waals surface area contributed by atoms with Crippen LogP contribution in [0.4, 0.5) is 23.1 Å². The Morgan fingerprint density at radius 2 is 2.11 bits per heavy atom. The molecule has 0 saturated carbocycles. The lowest BCUT2D eigenvalue weighted by Crippen LogP contribution is -2.21. The molecule has 0 atom stereocenters. The van der Waals surface area contributed by atoms with E-state index in [-0.39, 0.29) is 0 Å². The third-order valence-corrected chi connectivity index (χ3v) is 3.14. The minimum Gasteiger partial charge on any atom is -0.393 e. The SMILES string of the molecule is Cc1cc(Nc2ncnc(N3CCCC3)c2N)no1. The second-order valence-electron chi connectivity index (χ2n) is 4.60. The minimum absolute atomic E-state index is 0.546. The van der Waals surface area contributed by atoms with Crippen LogP contribution in [0.1, 0.15) is 18.6 Å². The smallest absolute Gasteiger partial charge is 0.175 e. The topological polar surface area (TPSA) is 93.1 Å². The van der Waals surface area contributed by atoms with Crippen LogP contribution in [0.25, 0.3) is 0 Å². The van der Waals surface area contributed by atoms with Crippen LogP contribution in [-0.2, 0) is 0 Å². The molecule has 0 bridgehead atoms. The molecule has 100 valence electrons. The van der Waals surface area contributed by atoms with Crippen LogP contribution in [-0.4, -0.2) is 28.2 Å². The molecule has 0 aromatic carbocycles. The summed E-state index contributed by atoms with van der Waals surface area (Å²) in [5.41, 5.74) is 6.68. The number of nitrogens with one attached hydrogen (secondary N) is 1. The Bertz CT molecular complexity index is 575. The maximum Gasteiger partial charge on any atom is 0.175 e. The molecule has 0 amide bonds. The van der Waals surface area contributed by atoms with Crippen molar-refractivity contribution in [3.05, 3.63) is 18.2 Å². The van der Waals surface area contributed by atoms with E-state index in [4.69, 9.17) is 10.3 Å². The first-order chi connectivity index (χ1) is 9.24. The number of hydrogen-bond donors (Lipinski definition) is 2. The van der Waals surface area contributed by atoms with Gasteiger partial charge in [-0.1, -0.05) is 5.16 Å². The van der Waals surface area contributed by atoms with Crippen LogP contribution >= 0.6 is 0 Å². The van der Waals surface area contributed by atoms with Gasteiger partial charge in [-0.15, -0.1) is 0 Å². The van der Waals surface area contributed by atoms with Crippen LogP contribution < -0.4 is 16.0 Å². The van der Waals surface area contributed by atoms with Gasteiger partial charge in [0.25, 0.3) is 0 Å². The van der Waals surface area contributed by atoms with Gasteiger partial charge in [0.05, 0.1) is 0 Å². The summed E-state index contributed by atoms with van der Waals surface area (Å²) in [4.78, 5) is 10.6. The van der Waals surface area contributed by atoms with E-state index in [0.717, 1.165) is 24.7 Å². The molecule has 1 aliphatic heterocycles. The average molecular weight is 260 g/mol. The summed E-state index contributed by atoms with van der Waals surface area (Å²) < 4.78 is 5.00. The first-order valence-electron chi connectivity index (χ1n) is 6.30. The Kier molecular flexibility index (Phi) is 2.94. The molecule has 7 nitrogen and oxygen atoms in total. The van der Waals surface area contributed by atoms with Gasteiger partial charge in [-0.25, -0.2) is 9.97 Å². The molecule has 0 spiro atoms. The van der Waals surface area contributed by atoms with Gasteiger partial charge in [-0.2, -0.15) is 0 Å². The van der Waals surface area contributed by atoms with Crippen LogP contribution in [0.3, 0.4) is 0 Å². The maximum absolute atomic E-state index is 6.13. The highest BCUT2D eigenvalue weighted by molar-refractivity contribution is 5.77. The monoisotopic (exact) mass is 260 g/mol. The predicted octanol–water partition coefficient (Wildman–Crippen LogP) is 1.70. The van der Waals surface area contributed by atoms with Crippen molar-refractivity contribution in [2.45, 2.75) is 19.8 Å². The zero-order valence-corrected chi connectivity index (χ0v) is 10.8. The molecule has 1 fully saturated rings. The standard InChI is InChI=1S/C12H16N6O/c1-8-6-9(17-19-8)16-11-10(13)12(15-7-14-11)18-4-2-3-5-18/h6-7H,2-5,13H2,1H3,(H,14,15,16,17). The summed E-state index contributed by atoms with van der Waals surface area (Å²) in [6.07, 6.45) is 3.86. The molecule has 2 aromatic heterocycles. The van der Waals surface area contributed by atoms with E-state index in [2.05, 4.69) is 25.3 Å². The second kappa shape index (κ2) is 4.75. The van der Waals surface area contributed by atoms with E-state index in [1.807, 2.05) is 6.92 Å². The summed E-state index contributed by atoms with van der Waals surface area (Å²) >= 11 is 0. The molecule has 3 rings (SSSR count). The summed E-state index contributed by atoms with van der Waals surface area (Å²) in [7, 11) is 0. The van der Waals surface area contributed by atoms with Gasteiger partial charge in [-0.3, -0.25) is 0 Å². The fourth-order valence-corrected chi connectivity index (χ4v) is 2.21. The molecule has 3 N–H and O–H groups in total. The molecule has 7 heteroatoms. The maximum atomic E-state index is 6.13.